The molecular weight excluding hydrogens is 389 g/mol. The minimum absolute atomic E-state index is 0.200. The van der Waals surface area contributed by atoms with Gasteiger partial charge in [-0.3, -0.25) is 4.79 Å². The summed E-state index contributed by atoms with van der Waals surface area (Å²) in [5, 5.41) is 2.54. The number of amides is 1. The molecule has 1 aliphatic heterocycles. The first kappa shape index (κ1) is 19.1. The number of rotatable bonds is 5. The van der Waals surface area contributed by atoms with Crippen molar-refractivity contribution in [2.45, 2.75) is 6.92 Å². The van der Waals surface area contributed by atoms with Gasteiger partial charge >= 0.3 is 5.97 Å². The molecule has 5 nitrogen and oxygen atoms in total. The van der Waals surface area contributed by atoms with Crippen molar-refractivity contribution < 1.29 is 23.5 Å². The zero-order valence-electron chi connectivity index (χ0n) is 14.2. The van der Waals surface area contributed by atoms with E-state index < -0.39 is 11.8 Å². The van der Waals surface area contributed by atoms with E-state index in [0.717, 1.165) is 11.8 Å². The lowest BCUT2D eigenvalue weighted by Gasteiger charge is -2.11. The molecule has 2 aromatic rings. The van der Waals surface area contributed by atoms with Crippen LogP contribution in [0.25, 0.3) is 6.08 Å². The second-order valence-electron chi connectivity index (χ2n) is 5.39. The number of benzene rings is 2. The molecule has 1 amide bonds. The van der Waals surface area contributed by atoms with Gasteiger partial charge in [0.2, 0.25) is 0 Å². The standard InChI is InChI=1S/C19H14FNO4S2/c1-2-24-14-8-3-11(10-16-17(22)21-19(26)27-16)9-15(14)25-18(23)12-4-6-13(20)7-5-12/h3-10H,2H2,1H3,(H,21,22,26)/b16-10+. The molecule has 1 heterocycles. The van der Waals surface area contributed by atoms with Crippen LogP contribution >= 0.6 is 24.0 Å². The molecule has 8 heteroatoms. The van der Waals surface area contributed by atoms with Gasteiger partial charge in [-0.25, -0.2) is 9.18 Å². The molecule has 1 fully saturated rings. The number of carbonyl (C=O) groups excluding carboxylic acids is 2. The lowest BCUT2D eigenvalue weighted by Crippen LogP contribution is -2.17. The van der Waals surface area contributed by atoms with E-state index in [0.29, 0.717) is 27.1 Å². The van der Waals surface area contributed by atoms with E-state index in [1.807, 2.05) is 6.92 Å². The molecule has 1 aliphatic rings. The Morgan fingerprint density at radius 2 is 1.96 bits per heavy atom. The summed E-state index contributed by atoms with van der Waals surface area (Å²) in [4.78, 5) is 24.6. The number of halogens is 1. The first-order valence-electron chi connectivity index (χ1n) is 7.95. The van der Waals surface area contributed by atoms with Crippen LogP contribution in [0.3, 0.4) is 0 Å². The molecule has 1 saturated heterocycles. The molecule has 0 unspecified atom stereocenters. The summed E-state index contributed by atoms with van der Waals surface area (Å²) in [5.41, 5.74) is 0.849. The molecule has 0 bridgehead atoms. The molecule has 0 radical (unpaired) electrons. The fraction of sp³-hybridized carbons (Fsp3) is 0.105. The zero-order chi connectivity index (χ0) is 19.4. The van der Waals surface area contributed by atoms with Crippen LogP contribution in [0.4, 0.5) is 4.39 Å². The van der Waals surface area contributed by atoms with Crippen molar-refractivity contribution in [2.24, 2.45) is 0 Å². The smallest absolute Gasteiger partial charge is 0.343 e. The highest BCUT2D eigenvalue weighted by atomic mass is 32.2. The van der Waals surface area contributed by atoms with E-state index in [-0.39, 0.29) is 17.2 Å². The van der Waals surface area contributed by atoms with Crippen LogP contribution in [-0.4, -0.2) is 22.8 Å². The third-order valence-electron chi connectivity index (χ3n) is 3.49. The number of ether oxygens (including phenoxy) is 2. The van der Waals surface area contributed by atoms with Crippen molar-refractivity contribution in [2.75, 3.05) is 6.61 Å². The Morgan fingerprint density at radius 3 is 2.59 bits per heavy atom. The van der Waals surface area contributed by atoms with Crippen LogP contribution in [-0.2, 0) is 4.79 Å². The normalized spacial score (nSPS) is 15.0. The van der Waals surface area contributed by atoms with E-state index in [9.17, 15) is 14.0 Å². The Labute approximate surface area is 164 Å². The minimum atomic E-state index is -0.644. The van der Waals surface area contributed by atoms with E-state index in [4.69, 9.17) is 21.7 Å². The van der Waals surface area contributed by atoms with Gasteiger partial charge in [0, 0.05) is 0 Å². The van der Waals surface area contributed by atoms with Gasteiger partial charge in [0.15, 0.2) is 11.5 Å². The highest BCUT2D eigenvalue weighted by molar-refractivity contribution is 8.26. The van der Waals surface area contributed by atoms with Crippen molar-refractivity contribution in [1.82, 2.24) is 5.32 Å². The topological polar surface area (TPSA) is 64.6 Å². The van der Waals surface area contributed by atoms with Crippen LogP contribution in [0.2, 0.25) is 0 Å². The summed E-state index contributed by atoms with van der Waals surface area (Å²) < 4.78 is 24.3. The third-order valence-corrected chi connectivity index (χ3v) is 4.65. The van der Waals surface area contributed by atoms with Crippen LogP contribution in [0.1, 0.15) is 22.8 Å². The van der Waals surface area contributed by atoms with Crippen LogP contribution < -0.4 is 14.8 Å². The van der Waals surface area contributed by atoms with Gasteiger partial charge in [0.05, 0.1) is 17.1 Å². The van der Waals surface area contributed by atoms with Crippen molar-refractivity contribution in [3.05, 3.63) is 64.3 Å². The van der Waals surface area contributed by atoms with E-state index >= 15 is 0 Å². The molecule has 0 aliphatic carbocycles. The number of hydrogen-bond acceptors (Lipinski definition) is 6. The van der Waals surface area contributed by atoms with Gasteiger partial charge in [-0.2, -0.15) is 0 Å². The molecule has 3 rings (SSSR count). The summed E-state index contributed by atoms with van der Waals surface area (Å²) in [6.07, 6.45) is 1.64. The van der Waals surface area contributed by atoms with Gasteiger partial charge < -0.3 is 14.8 Å². The minimum Gasteiger partial charge on any atom is -0.490 e. The lowest BCUT2D eigenvalue weighted by molar-refractivity contribution is -0.115. The third kappa shape index (κ3) is 4.72. The summed E-state index contributed by atoms with van der Waals surface area (Å²) in [6, 6.07) is 10.0. The molecule has 1 N–H and O–H groups in total. The van der Waals surface area contributed by atoms with E-state index in [1.54, 1.807) is 24.3 Å². The fourth-order valence-electron chi connectivity index (χ4n) is 2.29. The van der Waals surface area contributed by atoms with E-state index in [1.165, 1.54) is 24.3 Å². The second-order valence-corrected chi connectivity index (χ2v) is 7.11. The first-order chi connectivity index (χ1) is 13.0. The van der Waals surface area contributed by atoms with E-state index in [2.05, 4.69) is 5.32 Å². The molecule has 2 aromatic carbocycles. The van der Waals surface area contributed by atoms with Gasteiger partial charge in [0.25, 0.3) is 5.91 Å². The SMILES string of the molecule is CCOc1ccc(/C=C2/SC(=S)NC2=O)cc1OC(=O)c1ccc(F)cc1. The molecule has 0 saturated carbocycles. The van der Waals surface area contributed by atoms with Gasteiger partial charge in [0.1, 0.15) is 10.1 Å². The number of nitrogens with one attached hydrogen (secondary N) is 1. The monoisotopic (exact) mass is 403 g/mol. The zero-order valence-corrected chi connectivity index (χ0v) is 15.8. The molecular formula is C19H14FNO4S2. The number of carbonyl (C=O) groups is 2. The van der Waals surface area contributed by atoms with Crippen LogP contribution in [0, 0.1) is 5.82 Å². The van der Waals surface area contributed by atoms with Gasteiger partial charge in [-0.05, 0) is 55.0 Å². The summed E-state index contributed by atoms with van der Waals surface area (Å²) in [6.45, 7) is 2.19. The molecule has 0 aromatic heterocycles. The predicted molar refractivity (Wildman–Crippen MR) is 105 cm³/mol. The Hall–Kier alpha value is -2.71. The average Bonchev–Trinajstić information content (AvgIpc) is 2.95. The fourth-order valence-corrected chi connectivity index (χ4v) is 3.33. The second kappa shape index (κ2) is 8.32. The van der Waals surface area contributed by atoms with Crippen molar-refractivity contribution in [3.8, 4) is 11.5 Å². The van der Waals surface area contributed by atoms with Crippen LogP contribution in [0.5, 0.6) is 11.5 Å². The maximum atomic E-state index is 13.0. The molecule has 27 heavy (non-hydrogen) atoms. The largest absolute Gasteiger partial charge is 0.490 e. The van der Waals surface area contributed by atoms with Crippen molar-refractivity contribution in [3.63, 3.8) is 0 Å². The average molecular weight is 403 g/mol. The van der Waals surface area contributed by atoms with Gasteiger partial charge in [-0.15, -0.1) is 0 Å². The number of esters is 1. The number of thioether (sulfide) groups is 1. The maximum Gasteiger partial charge on any atom is 0.343 e. The highest BCUT2D eigenvalue weighted by Gasteiger charge is 2.22. The number of hydrogen-bond donors (Lipinski definition) is 1. The first-order valence-corrected chi connectivity index (χ1v) is 9.18. The summed E-state index contributed by atoms with van der Waals surface area (Å²) in [7, 11) is 0. The maximum absolute atomic E-state index is 13.0. The Bertz CT molecular complexity index is 941. The molecule has 138 valence electrons. The Balaban J connectivity index is 1.89. The highest BCUT2D eigenvalue weighted by Crippen LogP contribution is 2.32. The quantitative estimate of drug-likeness (QED) is 0.353. The molecule has 0 atom stereocenters. The molecule has 0 spiro atoms. The van der Waals surface area contributed by atoms with Crippen molar-refractivity contribution >= 4 is 46.3 Å². The lowest BCUT2D eigenvalue weighted by atomic mass is 10.1. The summed E-state index contributed by atoms with van der Waals surface area (Å²) in [5.74, 6) is -0.778. The van der Waals surface area contributed by atoms with Crippen LogP contribution in [0.15, 0.2) is 47.4 Å². The Morgan fingerprint density at radius 1 is 1.22 bits per heavy atom. The Kier molecular flexibility index (Phi) is 5.88. The van der Waals surface area contributed by atoms with Gasteiger partial charge in [-0.1, -0.05) is 30.0 Å². The predicted octanol–water partition coefficient (Wildman–Crippen LogP) is 3.93. The summed E-state index contributed by atoms with van der Waals surface area (Å²) >= 11 is 6.12. The number of thiocarbonyl (C=S) groups is 1. The van der Waals surface area contributed by atoms with Crippen molar-refractivity contribution in [1.29, 1.82) is 0 Å².